The number of alkyl carbamates (subject to hydrolysis) is 1. The Morgan fingerprint density at radius 3 is 2.66 bits per heavy atom. The van der Waals surface area contributed by atoms with E-state index in [0.29, 0.717) is 5.69 Å². The highest BCUT2D eigenvalue weighted by Gasteiger charge is 2.40. The van der Waals surface area contributed by atoms with Gasteiger partial charge in [0.25, 0.3) is 0 Å². The van der Waals surface area contributed by atoms with Crippen molar-refractivity contribution in [2.24, 2.45) is 4.99 Å². The number of hydrogen-bond acceptors (Lipinski definition) is 7. The second-order valence-electron chi connectivity index (χ2n) is 9.29. The van der Waals surface area contributed by atoms with Crippen molar-refractivity contribution >= 4 is 46.6 Å². The number of nitrogens with one attached hydrogen (secondary N) is 2. The van der Waals surface area contributed by atoms with Crippen molar-refractivity contribution in [2.75, 3.05) is 18.1 Å². The average molecular weight is 501 g/mol. The van der Waals surface area contributed by atoms with Crippen LogP contribution in [0.1, 0.15) is 45.2 Å². The molecule has 0 unspecified atom stereocenters. The average Bonchev–Trinajstić information content (AvgIpc) is 2.74. The van der Waals surface area contributed by atoms with Gasteiger partial charge in [0.15, 0.2) is 5.82 Å². The van der Waals surface area contributed by atoms with Crippen LogP contribution in [-0.2, 0) is 15.1 Å². The first-order valence-electron chi connectivity index (χ1n) is 10.7. The monoisotopic (exact) mass is 500 g/mol. The lowest BCUT2D eigenvalue weighted by molar-refractivity contribution is -0.128. The molecule has 1 aliphatic heterocycles. The number of carbonyl (C=O) groups is 2. The van der Waals surface area contributed by atoms with Gasteiger partial charge >= 0.3 is 6.09 Å². The van der Waals surface area contributed by atoms with E-state index in [9.17, 15) is 9.59 Å². The number of halogens is 2. The molecule has 0 saturated heterocycles. The van der Waals surface area contributed by atoms with E-state index in [1.165, 1.54) is 36.2 Å². The van der Waals surface area contributed by atoms with E-state index in [2.05, 4.69) is 15.6 Å². The third-order valence-electron chi connectivity index (χ3n) is 5.26. The van der Waals surface area contributed by atoms with Gasteiger partial charge in [-0.25, -0.2) is 14.2 Å². The van der Waals surface area contributed by atoms with Gasteiger partial charge in [-0.3, -0.25) is 15.0 Å². The smallest absolute Gasteiger partial charge is 0.414 e. The largest absolute Gasteiger partial charge is 0.444 e. The molecule has 184 valence electrons. The van der Waals surface area contributed by atoms with Gasteiger partial charge in [-0.1, -0.05) is 23.7 Å². The molecule has 0 radical (unpaired) electrons. The van der Waals surface area contributed by atoms with Gasteiger partial charge < -0.3 is 15.8 Å². The summed E-state index contributed by atoms with van der Waals surface area (Å²) in [4.78, 5) is 30.7. The van der Waals surface area contributed by atoms with Crippen LogP contribution in [0.3, 0.4) is 0 Å². The number of nitriles is 1. The molecule has 0 fully saturated rings. The maximum absolute atomic E-state index is 15.7. The maximum atomic E-state index is 15.7. The summed E-state index contributed by atoms with van der Waals surface area (Å²) in [6, 6.07) is 9.37. The number of nitrogen functional groups attached to an aromatic ring is 1. The van der Waals surface area contributed by atoms with Gasteiger partial charge in [0, 0.05) is 12.6 Å². The summed E-state index contributed by atoms with van der Waals surface area (Å²) in [6.45, 7) is 6.71. The third-order valence-corrected chi connectivity index (χ3v) is 5.57. The quantitative estimate of drug-likeness (QED) is 0.526. The fourth-order valence-electron chi connectivity index (χ4n) is 3.52. The number of benzene rings is 2. The molecule has 1 atom stereocenters. The zero-order chi connectivity index (χ0) is 26.1. The Kier molecular flexibility index (Phi) is 6.94. The molecule has 0 aliphatic carbocycles. The van der Waals surface area contributed by atoms with Crippen molar-refractivity contribution in [1.29, 1.82) is 5.26 Å². The summed E-state index contributed by atoms with van der Waals surface area (Å²) in [6.07, 6.45) is -0.919. The van der Waals surface area contributed by atoms with Crippen molar-refractivity contribution in [3.05, 3.63) is 52.3 Å². The van der Waals surface area contributed by atoms with Crippen LogP contribution in [0.2, 0.25) is 5.02 Å². The van der Waals surface area contributed by atoms with E-state index in [4.69, 9.17) is 27.3 Å². The number of ether oxygens (including phenoxy) is 1. The van der Waals surface area contributed by atoms with Gasteiger partial charge in [-0.15, -0.1) is 0 Å². The van der Waals surface area contributed by atoms with Crippen LogP contribution in [-0.4, -0.2) is 35.5 Å². The molecular formula is C24H26ClFN6O3. The highest BCUT2D eigenvalue weighted by molar-refractivity contribution is 6.32. The standard InChI is InChI=1S/C24H26ClFN6O3/c1-23(2,3)35-22(34)30-21-31-24(4,11-19(33)32(21)5)14-7-6-8-17(20(14)26)29-18-10-15(25)13(12-27)9-16(18)28/h6-10,29H,11,28H2,1-5H3,(H,30,31,34)/t24-/m0/s1. The number of nitrogens with two attached hydrogens (primary N) is 1. The Morgan fingerprint density at radius 1 is 1.34 bits per heavy atom. The molecule has 2 aromatic carbocycles. The Morgan fingerprint density at radius 2 is 2.03 bits per heavy atom. The van der Waals surface area contributed by atoms with Crippen LogP contribution in [0.5, 0.6) is 0 Å². The summed E-state index contributed by atoms with van der Waals surface area (Å²) >= 11 is 6.09. The highest BCUT2D eigenvalue weighted by atomic mass is 35.5. The predicted molar refractivity (Wildman–Crippen MR) is 132 cm³/mol. The third kappa shape index (κ3) is 5.63. The van der Waals surface area contributed by atoms with E-state index in [0.717, 1.165) is 0 Å². The van der Waals surface area contributed by atoms with Crippen LogP contribution < -0.4 is 16.4 Å². The van der Waals surface area contributed by atoms with Crippen LogP contribution >= 0.6 is 11.6 Å². The van der Waals surface area contributed by atoms with E-state index >= 15 is 4.39 Å². The lowest BCUT2D eigenvalue weighted by Gasteiger charge is -2.35. The fraction of sp³-hybridized carbons (Fsp3) is 0.333. The molecule has 11 heteroatoms. The molecule has 3 rings (SSSR count). The number of guanidine groups is 1. The Balaban J connectivity index is 1.98. The minimum atomic E-state index is -1.32. The highest BCUT2D eigenvalue weighted by Crippen LogP contribution is 2.38. The van der Waals surface area contributed by atoms with Gasteiger partial charge in [-0.05, 0) is 45.9 Å². The van der Waals surface area contributed by atoms with E-state index in [1.54, 1.807) is 33.8 Å². The second kappa shape index (κ2) is 9.43. The SMILES string of the molecule is CN1C(=O)C[C@@](C)(c2cccc(Nc3cc(Cl)c(C#N)cc3N)c2F)N=C1NC(=O)OC(C)(C)C. The van der Waals surface area contributed by atoms with Crippen molar-refractivity contribution in [2.45, 2.75) is 45.3 Å². The zero-order valence-electron chi connectivity index (χ0n) is 20.0. The molecular weight excluding hydrogens is 475 g/mol. The number of nitrogens with zero attached hydrogens (tertiary/aromatic N) is 3. The fourth-order valence-corrected chi connectivity index (χ4v) is 3.72. The molecule has 35 heavy (non-hydrogen) atoms. The summed E-state index contributed by atoms with van der Waals surface area (Å²) < 4.78 is 21.0. The Bertz CT molecular complexity index is 1270. The minimum Gasteiger partial charge on any atom is -0.444 e. The molecule has 1 heterocycles. The first-order chi connectivity index (χ1) is 16.2. The van der Waals surface area contributed by atoms with Crippen molar-refractivity contribution < 1.29 is 18.7 Å². The van der Waals surface area contributed by atoms with Crippen molar-refractivity contribution in [3.8, 4) is 6.07 Å². The van der Waals surface area contributed by atoms with Gasteiger partial charge in [0.05, 0.1) is 39.6 Å². The lowest BCUT2D eigenvalue weighted by Crippen LogP contribution is -2.52. The normalized spacial score (nSPS) is 17.9. The zero-order valence-corrected chi connectivity index (χ0v) is 20.7. The molecule has 0 saturated carbocycles. The van der Waals surface area contributed by atoms with E-state index in [-0.39, 0.29) is 45.8 Å². The first kappa shape index (κ1) is 25.8. The van der Waals surface area contributed by atoms with Crippen molar-refractivity contribution in [1.82, 2.24) is 10.2 Å². The number of amides is 2. The van der Waals surface area contributed by atoms with Crippen LogP contribution in [0, 0.1) is 17.1 Å². The number of anilines is 3. The maximum Gasteiger partial charge on any atom is 0.414 e. The van der Waals surface area contributed by atoms with Crippen LogP contribution in [0.15, 0.2) is 35.3 Å². The van der Waals surface area contributed by atoms with Gasteiger partial charge in [-0.2, -0.15) is 5.26 Å². The molecule has 2 aromatic rings. The van der Waals surface area contributed by atoms with Gasteiger partial charge in [0.2, 0.25) is 11.9 Å². The molecule has 2 amide bonds. The summed E-state index contributed by atoms with van der Waals surface area (Å²) in [7, 11) is 1.46. The summed E-state index contributed by atoms with van der Waals surface area (Å²) in [5.41, 5.74) is 4.83. The lowest BCUT2D eigenvalue weighted by atomic mass is 9.87. The minimum absolute atomic E-state index is 0.0566. The Hall–Kier alpha value is -3.84. The topological polar surface area (TPSA) is 133 Å². The summed E-state index contributed by atoms with van der Waals surface area (Å²) in [5, 5.41) is 14.6. The first-order valence-corrected chi connectivity index (χ1v) is 11.0. The number of rotatable bonds is 3. The second-order valence-corrected chi connectivity index (χ2v) is 9.70. The molecule has 4 N–H and O–H groups in total. The van der Waals surface area contributed by atoms with Crippen molar-refractivity contribution in [3.63, 3.8) is 0 Å². The number of hydrogen-bond donors (Lipinski definition) is 3. The molecule has 0 bridgehead atoms. The molecule has 1 aliphatic rings. The van der Waals surface area contributed by atoms with Gasteiger partial charge in [0.1, 0.15) is 11.7 Å². The predicted octanol–water partition coefficient (Wildman–Crippen LogP) is 4.63. The molecule has 0 spiro atoms. The number of aliphatic imine (C=N–C) groups is 1. The van der Waals surface area contributed by atoms with Crippen LogP contribution in [0.25, 0.3) is 0 Å². The van der Waals surface area contributed by atoms with Crippen LogP contribution in [0.4, 0.5) is 26.2 Å². The number of carbonyl (C=O) groups excluding carboxylic acids is 2. The van der Waals surface area contributed by atoms with E-state index in [1.807, 2.05) is 6.07 Å². The Labute approximate surface area is 207 Å². The van der Waals surface area contributed by atoms with E-state index < -0.39 is 23.1 Å². The summed E-state index contributed by atoms with van der Waals surface area (Å²) in [5.74, 6) is -1.08. The molecule has 9 nitrogen and oxygen atoms in total. The molecule has 0 aromatic heterocycles.